The van der Waals surface area contributed by atoms with Crippen molar-refractivity contribution in [3.8, 4) is 0 Å². The van der Waals surface area contributed by atoms with E-state index in [4.69, 9.17) is 0 Å². The first-order valence-electron chi connectivity index (χ1n) is 14.1. The lowest BCUT2D eigenvalue weighted by Gasteiger charge is -2.16. The maximum atomic E-state index is 13.5. The highest BCUT2D eigenvalue weighted by Gasteiger charge is 2.21. The Morgan fingerprint density at radius 3 is 2.42 bits per heavy atom. The van der Waals surface area contributed by atoms with Crippen molar-refractivity contribution in [1.82, 2.24) is 10.3 Å². The highest BCUT2D eigenvalue weighted by molar-refractivity contribution is 8.00. The zero-order valence-electron chi connectivity index (χ0n) is 24.2. The third-order valence-corrected chi connectivity index (χ3v) is 8.18. The van der Waals surface area contributed by atoms with E-state index in [2.05, 4.69) is 20.9 Å². The van der Waals surface area contributed by atoms with E-state index in [1.54, 1.807) is 54.6 Å². The highest BCUT2D eigenvalue weighted by atomic mass is 32.2. The summed E-state index contributed by atoms with van der Waals surface area (Å²) in [5.41, 5.74) is 2.09. The minimum absolute atomic E-state index is 0.150. The van der Waals surface area contributed by atoms with E-state index in [9.17, 15) is 24.5 Å². The van der Waals surface area contributed by atoms with E-state index in [0.717, 1.165) is 15.8 Å². The van der Waals surface area contributed by atoms with Gasteiger partial charge >= 0.3 is 0 Å². The smallest absolute Gasteiger partial charge is 0.276 e. The number of nitrogens with one attached hydrogen (secondary N) is 4. The Morgan fingerprint density at radius 1 is 0.889 bits per heavy atom. The number of fused-ring (bicyclic) bond motifs is 1. The van der Waals surface area contributed by atoms with Gasteiger partial charge in [0, 0.05) is 39.6 Å². The molecule has 1 heterocycles. The second-order valence-corrected chi connectivity index (χ2v) is 11.2. The molecule has 10 nitrogen and oxygen atoms in total. The number of anilines is 2. The monoisotopic (exact) mass is 619 g/mol. The Hall–Kier alpha value is -5.68. The van der Waals surface area contributed by atoms with Crippen LogP contribution in [0.3, 0.4) is 0 Å². The molecule has 0 saturated carbocycles. The number of H-pyrrole nitrogens is 1. The first kappa shape index (κ1) is 30.8. The SMILES string of the molecule is CCC(Sc1cccc(NC(=O)/C(=C\c2ccccc2[N+](=O)[O-])NC(=O)c2ccccc2)c1)C(=O)Nc1ccc2cc[nH]c2c1. The van der Waals surface area contributed by atoms with Crippen molar-refractivity contribution in [2.45, 2.75) is 23.5 Å². The summed E-state index contributed by atoms with van der Waals surface area (Å²) in [6, 6.07) is 28.9. The molecule has 0 bridgehead atoms. The van der Waals surface area contributed by atoms with Gasteiger partial charge in [-0.1, -0.05) is 49.4 Å². The van der Waals surface area contributed by atoms with E-state index in [1.165, 1.54) is 36.0 Å². The van der Waals surface area contributed by atoms with E-state index in [-0.39, 0.29) is 22.9 Å². The molecule has 0 radical (unpaired) electrons. The van der Waals surface area contributed by atoms with Crippen LogP contribution in [0.15, 0.2) is 120 Å². The Labute approximate surface area is 263 Å². The minimum Gasteiger partial charge on any atom is -0.361 e. The fourth-order valence-corrected chi connectivity index (χ4v) is 5.57. The molecule has 4 N–H and O–H groups in total. The topological polar surface area (TPSA) is 146 Å². The molecule has 5 rings (SSSR count). The van der Waals surface area contributed by atoms with Gasteiger partial charge in [-0.3, -0.25) is 24.5 Å². The summed E-state index contributed by atoms with van der Waals surface area (Å²) in [6.45, 7) is 1.92. The van der Waals surface area contributed by atoms with Crippen LogP contribution in [0.2, 0.25) is 0 Å². The van der Waals surface area contributed by atoms with Crippen LogP contribution in [0, 0.1) is 10.1 Å². The number of nitro benzene ring substituents is 1. The fraction of sp³-hybridized carbons (Fsp3) is 0.0882. The van der Waals surface area contributed by atoms with Gasteiger partial charge in [0.1, 0.15) is 5.70 Å². The number of nitro groups is 1. The predicted molar refractivity (Wildman–Crippen MR) is 177 cm³/mol. The van der Waals surface area contributed by atoms with Crippen LogP contribution in [-0.4, -0.2) is 32.9 Å². The third-order valence-electron chi connectivity index (χ3n) is 6.82. The van der Waals surface area contributed by atoms with Crippen LogP contribution in [0.25, 0.3) is 17.0 Å². The minimum atomic E-state index is -0.677. The lowest BCUT2D eigenvalue weighted by Crippen LogP contribution is -2.30. The molecule has 3 amide bonds. The molecule has 1 atom stereocenters. The zero-order valence-corrected chi connectivity index (χ0v) is 25.0. The highest BCUT2D eigenvalue weighted by Crippen LogP contribution is 2.29. The van der Waals surface area contributed by atoms with Crippen LogP contribution < -0.4 is 16.0 Å². The van der Waals surface area contributed by atoms with Crippen molar-refractivity contribution in [2.24, 2.45) is 0 Å². The second-order valence-electron chi connectivity index (χ2n) is 9.96. The summed E-state index contributed by atoms with van der Waals surface area (Å²) < 4.78 is 0. The maximum absolute atomic E-state index is 13.5. The molecule has 1 aromatic heterocycles. The van der Waals surface area contributed by atoms with Gasteiger partial charge in [-0.15, -0.1) is 11.8 Å². The van der Waals surface area contributed by atoms with Crippen LogP contribution in [0.4, 0.5) is 17.1 Å². The number of carbonyl (C=O) groups excluding carboxylic acids is 3. The number of benzene rings is 4. The largest absolute Gasteiger partial charge is 0.361 e. The molecule has 1 unspecified atom stereocenters. The van der Waals surface area contributed by atoms with E-state index < -0.39 is 22.0 Å². The van der Waals surface area contributed by atoms with Crippen LogP contribution in [0.1, 0.15) is 29.3 Å². The van der Waals surface area contributed by atoms with Crippen LogP contribution >= 0.6 is 11.8 Å². The van der Waals surface area contributed by atoms with Gasteiger partial charge in [0.15, 0.2) is 0 Å². The number of rotatable bonds is 11. The second kappa shape index (κ2) is 14.2. The number of carbonyl (C=O) groups is 3. The zero-order chi connectivity index (χ0) is 31.8. The molecular formula is C34H29N5O5S. The van der Waals surface area contributed by atoms with E-state index in [1.807, 2.05) is 43.5 Å². The molecule has 0 fully saturated rings. The number of nitrogens with zero attached hydrogens (tertiary/aromatic N) is 1. The normalized spacial score (nSPS) is 11.9. The third kappa shape index (κ3) is 7.84. The predicted octanol–water partition coefficient (Wildman–Crippen LogP) is 7.00. The molecule has 0 spiro atoms. The van der Waals surface area contributed by atoms with Gasteiger partial charge in [-0.05, 0) is 72.5 Å². The molecule has 0 aliphatic carbocycles. The number of hydrogen-bond acceptors (Lipinski definition) is 6. The molecule has 226 valence electrons. The maximum Gasteiger partial charge on any atom is 0.276 e. The molecule has 0 saturated heterocycles. The summed E-state index contributed by atoms with van der Waals surface area (Å²) in [5, 5.41) is 20.6. The number of amides is 3. The van der Waals surface area contributed by atoms with E-state index >= 15 is 0 Å². The summed E-state index contributed by atoms with van der Waals surface area (Å²) >= 11 is 1.36. The van der Waals surface area contributed by atoms with Crippen molar-refractivity contribution in [2.75, 3.05) is 10.6 Å². The van der Waals surface area contributed by atoms with Crippen LogP contribution in [0.5, 0.6) is 0 Å². The van der Waals surface area contributed by atoms with Crippen molar-refractivity contribution in [3.63, 3.8) is 0 Å². The van der Waals surface area contributed by atoms with E-state index in [0.29, 0.717) is 23.4 Å². The van der Waals surface area contributed by atoms with Gasteiger partial charge in [0.25, 0.3) is 17.5 Å². The quantitative estimate of drug-likeness (QED) is 0.0542. The molecule has 0 aliphatic rings. The van der Waals surface area contributed by atoms with Gasteiger partial charge in [-0.2, -0.15) is 0 Å². The molecule has 4 aromatic carbocycles. The Kier molecular flexibility index (Phi) is 9.70. The standard InChI is InChI=1S/C34H29N5O5S/c1-2-31(34(42)37-26-16-15-22-17-18-35-28(22)21-26)45-27-13-8-12-25(20-27)36-33(41)29(38-32(40)23-9-4-3-5-10-23)19-24-11-6-7-14-30(24)39(43)44/h3-21,31,35H,2H2,1H3,(H,36,41)(H,37,42)(H,38,40)/b29-19+. The average molecular weight is 620 g/mol. The van der Waals surface area contributed by atoms with Crippen molar-refractivity contribution < 1.29 is 19.3 Å². The number of aromatic amines is 1. The Bertz CT molecular complexity index is 1900. The Balaban J connectivity index is 1.33. The van der Waals surface area contributed by atoms with Gasteiger partial charge in [-0.25, -0.2) is 0 Å². The molecule has 0 aliphatic heterocycles. The molecule has 45 heavy (non-hydrogen) atoms. The number of para-hydroxylation sites is 1. The number of aromatic nitrogens is 1. The lowest BCUT2D eigenvalue weighted by atomic mass is 10.1. The molecular weight excluding hydrogens is 590 g/mol. The summed E-state index contributed by atoms with van der Waals surface area (Å²) in [4.78, 5) is 54.5. The van der Waals surface area contributed by atoms with Crippen LogP contribution in [-0.2, 0) is 9.59 Å². The van der Waals surface area contributed by atoms with Gasteiger partial charge in [0.05, 0.1) is 15.7 Å². The Morgan fingerprint density at radius 2 is 1.64 bits per heavy atom. The van der Waals surface area contributed by atoms with Gasteiger partial charge < -0.3 is 20.9 Å². The molecule has 5 aromatic rings. The first-order chi connectivity index (χ1) is 21.8. The number of thioether (sulfide) groups is 1. The summed E-state index contributed by atoms with van der Waals surface area (Å²) in [6.07, 6.45) is 3.68. The summed E-state index contributed by atoms with van der Waals surface area (Å²) in [5.74, 6) is -1.38. The number of hydrogen-bond donors (Lipinski definition) is 4. The van der Waals surface area contributed by atoms with Crippen molar-refractivity contribution in [1.29, 1.82) is 0 Å². The van der Waals surface area contributed by atoms with Crippen molar-refractivity contribution in [3.05, 3.63) is 136 Å². The summed E-state index contributed by atoms with van der Waals surface area (Å²) in [7, 11) is 0. The fourth-order valence-electron chi connectivity index (χ4n) is 4.55. The van der Waals surface area contributed by atoms with Gasteiger partial charge in [0.2, 0.25) is 5.91 Å². The molecule has 11 heteroatoms. The average Bonchev–Trinajstić information content (AvgIpc) is 3.52. The van der Waals surface area contributed by atoms with Crippen molar-refractivity contribution >= 4 is 63.5 Å². The lowest BCUT2D eigenvalue weighted by molar-refractivity contribution is -0.385. The first-order valence-corrected chi connectivity index (χ1v) is 15.0.